The van der Waals surface area contributed by atoms with Gasteiger partial charge in [0.25, 0.3) is 11.8 Å². The van der Waals surface area contributed by atoms with Crippen LogP contribution in [0.4, 0.5) is 11.4 Å². The second kappa shape index (κ2) is 9.37. The van der Waals surface area contributed by atoms with Gasteiger partial charge in [-0.1, -0.05) is 53.5 Å². The van der Waals surface area contributed by atoms with E-state index in [1.165, 1.54) is 12.3 Å². The summed E-state index contributed by atoms with van der Waals surface area (Å²) in [7, 11) is 0. The molecule has 146 valence electrons. The van der Waals surface area contributed by atoms with Crippen molar-refractivity contribution < 1.29 is 9.59 Å². The summed E-state index contributed by atoms with van der Waals surface area (Å²) in [6.45, 7) is 1.89. The van der Waals surface area contributed by atoms with Crippen molar-refractivity contribution in [1.82, 2.24) is 4.98 Å². The zero-order valence-corrected chi connectivity index (χ0v) is 17.0. The van der Waals surface area contributed by atoms with Crippen LogP contribution in [-0.2, 0) is 9.59 Å². The monoisotopic (exact) mass is 425 g/mol. The summed E-state index contributed by atoms with van der Waals surface area (Å²) in [6, 6.07) is 17.4. The summed E-state index contributed by atoms with van der Waals surface area (Å²) in [5.74, 6) is -1.21. The number of rotatable bonds is 5. The Morgan fingerprint density at radius 2 is 1.66 bits per heavy atom. The molecule has 0 radical (unpaired) electrons. The molecule has 0 spiro atoms. The number of nitrogens with one attached hydrogen (secondary N) is 2. The Morgan fingerprint density at radius 3 is 2.34 bits per heavy atom. The highest BCUT2D eigenvalue weighted by Crippen LogP contribution is 2.24. The average molecular weight is 426 g/mol. The molecule has 0 bridgehead atoms. The van der Waals surface area contributed by atoms with Gasteiger partial charge < -0.3 is 10.6 Å². The number of para-hydroxylation sites is 1. The average Bonchev–Trinajstić information content (AvgIpc) is 2.70. The van der Waals surface area contributed by atoms with Gasteiger partial charge in [-0.3, -0.25) is 9.59 Å². The highest BCUT2D eigenvalue weighted by molar-refractivity contribution is 6.35. The van der Waals surface area contributed by atoms with E-state index in [2.05, 4.69) is 15.6 Å². The molecule has 0 aliphatic carbocycles. The van der Waals surface area contributed by atoms with Gasteiger partial charge in [-0.05, 0) is 48.9 Å². The maximum Gasteiger partial charge on any atom is 0.261 e. The van der Waals surface area contributed by atoms with Crippen LogP contribution in [0.25, 0.3) is 6.08 Å². The summed E-state index contributed by atoms with van der Waals surface area (Å²) in [5, 5.41) is 5.94. The quantitative estimate of drug-likeness (QED) is 0.250. The summed E-state index contributed by atoms with van der Waals surface area (Å²) >= 11 is 12.3. The molecule has 7 heteroatoms. The first-order valence-corrected chi connectivity index (χ1v) is 9.46. The number of benzene rings is 2. The molecule has 2 amide bonds. The van der Waals surface area contributed by atoms with Crippen molar-refractivity contribution >= 4 is 52.5 Å². The third kappa shape index (κ3) is 5.44. The SMILES string of the molecule is Cc1ccc(NC(=O)/C(=C\c2cccnc2Cl)C(=O)Nc2ccccc2)c(Cl)c1. The smallest absolute Gasteiger partial charge is 0.261 e. The van der Waals surface area contributed by atoms with Crippen LogP contribution < -0.4 is 10.6 Å². The van der Waals surface area contributed by atoms with Crippen molar-refractivity contribution in [3.63, 3.8) is 0 Å². The van der Waals surface area contributed by atoms with Gasteiger partial charge in [-0.15, -0.1) is 0 Å². The molecule has 3 rings (SSSR count). The first-order valence-electron chi connectivity index (χ1n) is 8.70. The van der Waals surface area contributed by atoms with Crippen molar-refractivity contribution in [3.05, 3.63) is 93.7 Å². The molecule has 2 N–H and O–H groups in total. The highest BCUT2D eigenvalue weighted by atomic mass is 35.5. The van der Waals surface area contributed by atoms with E-state index >= 15 is 0 Å². The van der Waals surface area contributed by atoms with E-state index in [0.717, 1.165) is 5.56 Å². The molecule has 1 aromatic heterocycles. The Hall–Kier alpha value is -3.15. The van der Waals surface area contributed by atoms with Crippen molar-refractivity contribution in [2.75, 3.05) is 10.6 Å². The molecule has 3 aromatic rings. The zero-order valence-electron chi connectivity index (χ0n) is 15.4. The minimum absolute atomic E-state index is 0.139. The number of amides is 2. The number of halogens is 2. The molecule has 0 aliphatic rings. The van der Waals surface area contributed by atoms with E-state index in [9.17, 15) is 9.59 Å². The first-order chi connectivity index (χ1) is 13.9. The topological polar surface area (TPSA) is 71.1 Å². The molecule has 2 aromatic carbocycles. The Balaban J connectivity index is 1.94. The number of hydrogen-bond acceptors (Lipinski definition) is 3. The molecule has 29 heavy (non-hydrogen) atoms. The molecular formula is C22H17Cl2N3O2. The number of nitrogens with zero attached hydrogens (tertiary/aromatic N) is 1. The number of hydrogen-bond donors (Lipinski definition) is 2. The number of aromatic nitrogens is 1. The molecule has 1 heterocycles. The van der Waals surface area contributed by atoms with Crippen LogP contribution in [0.1, 0.15) is 11.1 Å². The Labute approximate surface area is 178 Å². The molecule has 0 saturated carbocycles. The van der Waals surface area contributed by atoms with Crippen LogP contribution >= 0.6 is 23.2 Å². The van der Waals surface area contributed by atoms with E-state index in [0.29, 0.717) is 22.0 Å². The molecule has 0 unspecified atom stereocenters. The van der Waals surface area contributed by atoms with E-state index in [4.69, 9.17) is 23.2 Å². The lowest BCUT2D eigenvalue weighted by molar-refractivity contribution is -0.118. The number of carbonyl (C=O) groups is 2. The number of aryl methyl sites for hydroxylation is 1. The van der Waals surface area contributed by atoms with E-state index in [-0.39, 0.29) is 10.7 Å². The largest absolute Gasteiger partial charge is 0.322 e. The summed E-state index contributed by atoms with van der Waals surface area (Å²) in [5.41, 5.74) is 2.21. The molecule has 0 aliphatic heterocycles. The van der Waals surface area contributed by atoms with Crippen molar-refractivity contribution in [1.29, 1.82) is 0 Å². The third-order valence-electron chi connectivity index (χ3n) is 3.98. The minimum Gasteiger partial charge on any atom is -0.322 e. The maximum atomic E-state index is 12.9. The van der Waals surface area contributed by atoms with Crippen LogP contribution in [0.2, 0.25) is 10.2 Å². The number of anilines is 2. The standard InChI is InChI=1S/C22H17Cl2N3O2/c1-14-9-10-19(18(23)12-14)27-22(29)17(13-15-6-5-11-25-20(15)24)21(28)26-16-7-3-2-4-8-16/h2-13H,1H3,(H,26,28)(H,27,29)/b17-13-. The fourth-order valence-electron chi connectivity index (χ4n) is 2.53. The van der Waals surface area contributed by atoms with Crippen molar-refractivity contribution in [2.24, 2.45) is 0 Å². The Morgan fingerprint density at radius 1 is 0.931 bits per heavy atom. The highest BCUT2D eigenvalue weighted by Gasteiger charge is 2.20. The summed E-state index contributed by atoms with van der Waals surface area (Å²) in [6.07, 6.45) is 2.92. The van der Waals surface area contributed by atoms with Gasteiger partial charge in [-0.25, -0.2) is 4.98 Å². The van der Waals surface area contributed by atoms with Crippen LogP contribution in [0, 0.1) is 6.92 Å². The van der Waals surface area contributed by atoms with Gasteiger partial charge >= 0.3 is 0 Å². The van der Waals surface area contributed by atoms with Crippen LogP contribution in [0.3, 0.4) is 0 Å². The first kappa shape index (κ1) is 20.6. The van der Waals surface area contributed by atoms with Crippen LogP contribution in [0.5, 0.6) is 0 Å². The fraction of sp³-hybridized carbons (Fsp3) is 0.0455. The van der Waals surface area contributed by atoms with E-state index < -0.39 is 11.8 Å². The normalized spacial score (nSPS) is 11.1. The van der Waals surface area contributed by atoms with Crippen LogP contribution in [0.15, 0.2) is 72.4 Å². The number of carbonyl (C=O) groups excluding carboxylic acids is 2. The molecule has 0 fully saturated rings. The lowest BCUT2D eigenvalue weighted by Gasteiger charge is -2.12. The van der Waals surface area contributed by atoms with Gasteiger partial charge in [0.15, 0.2) is 0 Å². The maximum absolute atomic E-state index is 12.9. The third-order valence-corrected chi connectivity index (χ3v) is 4.61. The fourth-order valence-corrected chi connectivity index (χ4v) is 2.98. The van der Waals surface area contributed by atoms with Gasteiger partial charge in [0.05, 0.1) is 10.7 Å². The molecular weight excluding hydrogens is 409 g/mol. The van der Waals surface area contributed by atoms with Crippen molar-refractivity contribution in [2.45, 2.75) is 6.92 Å². The van der Waals surface area contributed by atoms with Gasteiger partial charge in [0.2, 0.25) is 0 Å². The number of pyridine rings is 1. The summed E-state index contributed by atoms with van der Waals surface area (Å²) in [4.78, 5) is 29.8. The van der Waals surface area contributed by atoms with Crippen molar-refractivity contribution in [3.8, 4) is 0 Å². The van der Waals surface area contributed by atoms with Crippen LogP contribution in [-0.4, -0.2) is 16.8 Å². The predicted molar refractivity (Wildman–Crippen MR) is 117 cm³/mol. The zero-order chi connectivity index (χ0) is 20.8. The molecule has 0 atom stereocenters. The lowest BCUT2D eigenvalue weighted by atomic mass is 10.1. The minimum atomic E-state index is -0.621. The lowest BCUT2D eigenvalue weighted by Crippen LogP contribution is -2.25. The summed E-state index contributed by atoms with van der Waals surface area (Å²) < 4.78 is 0. The Kier molecular flexibility index (Phi) is 6.65. The second-order valence-corrected chi connectivity index (χ2v) is 6.96. The van der Waals surface area contributed by atoms with E-state index in [1.807, 2.05) is 19.1 Å². The van der Waals surface area contributed by atoms with Gasteiger partial charge in [0, 0.05) is 17.4 Å². The predicted octanol–water partition coefficient (Wildman–Crippen LogP) is 5.36. The second-order valence-electron chi connectivity index (χ2n) is 6.20. The van der Waals surface area contributed by atoms with E-state index in [1.54, 1.807) is 48.5 Å². The molecule has 5 nitrogen and oxygen atoms in total. The van der Waals surface area contributed by atoms with Gasteiger partial charge in [0.1, 0.15) is 10.7 Å². The van der Waals surface area contributed by atoms with Gasteiger partial charge in [-0.2, -0.15) is 0 Å². The molecule has 0 saturated heterocycles. The Bertz CT molecular complexity index is 1080.